The van der Waals surface area contributed by atoms with E-state index in [-0.39, 0.29) is 4.90 Å². The molecule has 1 aliphatic rings. The summed E-state index contributed by atoms with van der Waals surface area (Å²) in [7, 11) is -3.94. The zero-order chi connectivity index (χ0) is 24.2. The fourth-order valence-electron chi connectivity index (χ4n) is 3.64. The van der Waals surface area contributed by atoms with Crippen LogP contribution in [0.5, 0.6) is 0 Å². The van der Waals surface area contributed by atoms with Crippen LogP contribution < -0.4 is 10.0 Å². The Morgan fingerprint density at radius 3 is 2.61 bits per heavy atom. The maximum Gasteiger partial charge on any atom is 0.324 e. The number of carbonyl (C=O) groups is 2. The number of fused-ring (bicyclic) bond motifs is 1. The topological polar surface area (TPSA) is 125 Å². The zero-order valence-corrected chi connectivity index (χ0v) is 20.4. The number of ether oxygens (including phenoxy) is 1. The van der Waals surface area contributed by atoms with E-state index in [0.29, 0.717) is 16.5 Å². The number of benzene rings is 1. The van der Waals surface area contributed by atoms with Gasteiger partial charge in [0, 0.05) is 4.88 Å². The van der Waals surface area contributed by atoms with Crippen LogP contribution in [0.15, 0.2) is 35.2 Å². The molecule has 1 heterocycles. The Kier molecular flexibility index (Phi) is 7.89. The van der Waals surface area contributed by atoms with Crippen molar-refractivity contribution in [1.29, 1.82) is 5.26 Å². The molecule has 0 saturated carbocycles. The van der Waals surface area contributed by atoms with E-state index >= 15 is 0 Å². The van der Waals surface area contributed by atoms with Gasteiger partial charge in [0.25, 0.3) is 5.91 Å². The molecule has 2 aromatic rings. The zero-order valence-electron chi connectivity index (χ0n) is 18.8. The van der Waals surface area contributed by atoms with Crippen LogP contribution in [0.2, 0.25) is 0 Å². The molecule has 0 spiro atoms. The summed E-state index contributed by atoms with van der Waals surface area (Å²) in [6.07, 6.45) is 2.68. The first-order valence-electron chi connectivity index (χ1n) is 10.7. The van der Waals surface area contributed by atoms with E-state index in [0.717, 1.165) is 29.7 Å². The van der Waals surface area contributed by atoms with Gasteiger partial charge in [0.15, 0.2) is 6.61 Å². The number of hydrogen-bond donors (Lipinski definition) is 2. The summed E-state index contributed by atoms with van der Waals surface area (Å²) in [5.41, 5.74) is 1.46. The van der Waals surface area contributed by atoms with Gasteiger partial charge in [-0.3, -0.25) is 9.59 Å². The fourth-order valence-corrected chi connectivity index (χ4v) is 6.37. The third-order valence-corrected chi connectivity index (χ3v) is 8.10. The molecule has 2 N–H and O–H groups in total. The van der Waals surface area contributed by atoms with Crippen molar-refractivity contribution < 1.29 is 22.7 Å². The number of esters is 1. The molecule has 1 amide bonds. The van der Waals surface area contributed by atoms with Crippen molar-refractivity contribution in [3.63, 3.8) is 0 Å². The van der Waals surface area contributed by atoms with Crippen molar-refractivity contribution in [2.45, 2.75) is 51.0 Å². The molecule has 1 aliphatic carbocycles. The van der Waals surface area contributed by atoms with E-state index in [1.54, 1.807) is 32.0 Å². The van der Waals surface area contributed by atoms with Crippen LogP contribution in [0.1, 0.15) is 43.2 Å². The first-order valence-corrected chi connectivity index (χ1v) is 13.0. The van der Waals surface area contributed by atoms with Crippen LogP contribution in [-0.2, 0) is 37.2 Å². The van der Waals surface area contributed by atoms with Gasteiger partial charge in [-0.2, -0.15) is 9.98 Å². The lowest BCUT2D eigenvalue weighted by molar-refractivity contribution is -0.150. The van der Waals surface area contributed by atoms with Gasteiger partial charge in [0.05, 0.1) is 10.5 Å². The number of sulfonamides is 1. The van der Waals surface area contributed by atoms with Gasteiger partial charge in [-0.15, -0.1) is 11.3 Å². The molecule has 2 unspecified atom stereocenters. The third kappa shape index (κ3) is 5.99. The van der Waals surface area contributed by atoms with Crippen LogP contribution in [0.25, 0.3) is 0 Å². The minimum Gasteiger partial charge on any atom is -0.454 e. The van der Waals surface area contributed by atoms with E-state index in [1.165, 1.54) is 23.5 Å². The summed E-state index contributed by atoms with van der Waals surface area (Å²) in [6.45, 7) is 4.92. The minimum atomic E-state index is -3.94. The molecular formula is C23H27N3O5S2. The summed E-state index contributed by atoms with van der Waals surface area (Å²) in [5, 5.41) is 12.7. The van der Waals surface area contributed by atoms with Crippen molar-refractivity contribution in [2.75, 3.05) is 11.9 Å². The number of nitrogens with zero attached hydrogens (tertiary/aromatic N) is 1. The van der Waals surface area contributed by atoms with E-state index in [4.69, 9.17) is 4.74 Å². The second-order valence-electron chi connectivity index (χ2n) is 8.48. The number of amides is 1. The van der Waals surface area contributed by atoms with E-state index in [9.17, 15) is 23.3 Å². The van der Waals surface area contributed by atoms with E-state index in [1.807, 2.05) is 0 Å². The smallest absolute Gasteiger partial charge is 0.324 e. The molecule has 10 heteroatoms. The molecule has 1 aromatic carbocycles. The molecular weight excluding hydrogens is 462 g/mol. The second-order valence-corrected chi connectivity index (χ2v) is 11.3. The van der Waals surface area contributed by atoms with Crippen molar-refractivity contribution in [3.05, 3.63) is 46.3 Å². The fraction of sp³-hybridized carbons (Fsp3) is 0.435. The summed E-state index contributed by atoms with van der Waals surface area (Å²) in [4.78, 5) is 26.2. The number of hydrogen-bond acceptors (Lipinski definition) is 7. The highest BCUT2D eigenvalue weighted by atomic mass is 32.2. The molecule has 33 heavy (non-hydrogen) atoms. The number of rotatable bonds is 8. The van der Waals surface area contributed by atoms with Gasteiger partial charge in [0.1, 0.15) is 17.1 Å². The molecule has 3 rings (SSSR count). The average molecular weight is 490 g/mol. The van der Waals surface area contributed by atoms with E-state index < -0.39 is 40.5 Å². The van der Waals surface area contributed by atoms with E-state index in [2.05, 4.69) is 23.0 Å². The number of anilines is 1. The monoisotopic (exact) mass is 489 g/mol. The number of carbonyl (C=O) groups excluding carboxylic acids is 2. The van der Waals surface area contributed by atoms with Gasteiger partial charge in [-0.1, -0.05) is 39.0 Å². The lowest BCUT2D eigenvalue weighted by Gasteiger charge is -2.20. The molecule has 2 atom stereocenters. The minimum absolute atomic E-state index is 0.0289. The summed E-state index contributed by atoms with van der Waals surface area (Å²) < 4.78 is 32.7. The lowest BCUT2D eigenvalue weighted by Crippen LogP contribution is -2.45. The molecule has 1 aromatic heterocycles. The van der Waals surface area contributed by atoms with Crippen molar-refractivity contribution >= 4 is 38.2 Å². The Morgan fingerprint density at radius 1 is 1.27 bits per heavy atom. The number of nitrogens with one attached hydrogen (secondary N) is 2. The first kappa shape index (κ1) is 24.9. The molecule has 8 nitrogen and oxygen atoms in total. The SMILES string of the molecule is CC1CCc2c(sc(NC(=O)COC(=O)C(NS(=O)(=O)c3ccccc3)C(C)C)c2C#N)C1. The van der Waals surface area contributed by atoms with Gasteiger partial charge >= 0.3 is 5.97 Å². The van der Waals surface area contributed by atoms with Crippen molar-refractivity contribution in [2.24, 2.45) is 11.8 Å². The molecule has 0 fully saturated rings. The Balaban J connectivity index is 1.63. The van der Waals surface area contributed by atoms with Gasteiger partial charge in [0.2, 0.25) is 10.0 Å². The standard InChI is InChI=1S/C23H27N3O5S2/c1-14(2)21(26-33(29,30)16-7-5-4-6-8-16)23(28)31-13-20(27)25-22-18(12-24)17-10-9-15(3)11-19(17)32-22/h4-8,14-15,21,26H,9-11,13H2,1-3H3,(H,25,27). The van der Waals surface area contributed by atoms with Gasteiger partial charge in [-0.25, -0.2) is 8.42 Å². The largest absolute Gasteiger partial charge is 0.454 e. The predicted octanol–water partition coefficient (Wildman–Crippen LogP) is 3.23. The van der Waals surface area contributed by atoms with Gasteiger partial charge in [-0.05, 0) is 48.8 Å². The normalized spacial score (nSPS) is 16.5. The van der Waals surface area contributed by atoms with Gasteiger partial charge < -0.3 is 10.1 Å². The van der Waals surface area contributed by atoms with Crippen LogP contribution in [0.4, 0.5) is 5.00 Å². The highest BCUT2D eigenvalue weighted by Gasteiger charge is 2.30. The second kappa shape index (κ2) is 10.5. The maximum absolute atomic E-state index is 12.6. The maximum atomic E-state index is 12.6. The summed E-state index contributed by atoms with van der Waals surface area (Å²) in [6, 6.07) is 8.72. The van der Waals surface area contributed by atoms with Crippen molar-refractivity contribution in [1.82, 2.24) is 4.72 Å². The third-order valence-electron chi connectivity index (χ3n) is 5.48. The Hall–Kier alpha value is -2.74. The Labute approximate surface area is 198 Å². The molecule has 176 valence electrons. The van der Waals surface area contributed by atoms with Crippen LogP contribution >= 0.6 is 11.3 Å². The quantitative estimate of drug-likeness (QED) is 0.549. The average Bonchev–Trinajstić information content (AvgIpc) is 3.12. The summed E-state index contributed by atoms with van der Waals surface area (Å²) in [5.74, 6) is -1.31. The van der Waals surface area contributed by atoms with Crippen LogP contribution in [-0.4, -0.2) is 32.9 Å². The Bertz CT molecular complexity index is 1170. The highest BCUT2D eigenvalue weighted by molar-refractivity contribution is 7.89. The molecule has 0 radical (unpaired) electrons. The Morgan fingerprint density at radius 2 is 1.97 bits per heavy atom. The van der Waals surface area contributed by atoms with Crippen molar-refractivity contribution in [3.8, 4) is 6.07 Å². The molecule has 0 bridgehead atoms. The predicted molar refractivity (Wildman–Crippen MR) is 125 cm³/mol. The lowest BCUT2D eigenvalue weighted by atomic mass is 9.89. The van der Waals surface area contributed by atoms with Crippen LogP contribution in [0, 0.1) is 23.2 Å². The number of thiophene rings is 1. The number of nitriles is 1. The summed E-state index contributed by atoms with van der Waals surface area (Å²) >= 11 is 1.38. The van der Waals surface area contributed by atoms with Crippen LogP contribution in [0.3, 0.4) is 0 Å². The molecule has 0 saturated heterocycles. The first-order chi connectivity index (χ1) is 15.6. The molecule has 0 aliphatic heterocycles. The highest BCUT2D eigenvalue weighted by Crippen LogP contribution is 2.39.